The van der Waals surface area contributed by atoms with Gasteiger partial charge in [0.25, 0.3) is 0 Å². The Bertz CT molecular complexity index is 1760. The summed E-state index contributed by atoms with van der Waals surface area (Å²) < 4.78 is 16.8. The van der Waals surface area contributed by atoms with Gasteiger partial charge in [-0.05, 0) is 93.1 Å². The van der Waals surface area contributed by atoms with Gasteiger partial charge in [0.1, 0.15) is 48.4 Å². The van der Waals surface area contributed by atoms with Crippen LogP contribution in [0.15, 0.2) is 30.3 Å². The first-order chi connectivity index (χ1) is 29.6. The predicted molar refractivity (Wildman–Crippen MR) is 234 cm³/mol. The molecule has 7 amide bonds. The fourth-order valence-electron chi connectivity index (χ4n) is 6.27. The van der Waals surface area contributed by atoms with Gasteiger partial charge in [-0.2, -0.15) is 0 Å². The van der Waals surface area contributed by atoms with Gasteiger partial charge >= 0.3 is 12.1 Å². The number of nitrogens with zero attached hydrogens (tertiary/aromatic N) is 1. The summed E-state index contributed by atoms with van der Waals surface area (Å²) >= 11 is 0. The van der Waals surface area contributed by atoms with Crippen LogP contribution in [-0.2, 0) is 54.2 Å². The molecule has 0 spiro atoms. The third-order valence-electron chi connectivity index (χ3n) is 9.32. The molecule has 1 aliphatic rings. The summed E-state index contributed by atoms with van der Waals surface area (Å²) in [6, 6.07) is 0.599. The number of alkyl carbamates (subject to hydrolysis) is 1. The SMILES string of the molecule is CC(C)C[C@H](NC(=O)[C@H](Cc1ccccc1)NC(=O)[C@H](CO)NC(=O)[C@H](COC(C)(C)C)NC(=O)CNC(=O)OC(C)(C)C)C(=O)N[C@@H](COC(C)(C)C)C(=O)N1CCC[C@H]1C(=O)O. The van der Waals surface area contributed by atoms with Crippen molar-refractivity contribution in [3.63, 3.8) is 0 Å². The summed E-state index contributed by atoms with van der Waals surface area (Å²) in [6.07, 6.45) is -0.146. The predicted octanol–water partition coefficient (Wildman–Crippen LogP) is 0.922. The van der Waals surface area contributed by atoms with Crippen LogP contribution in [0, 0.1) is 5.92 Å². The number of benzene rings is 1. The summed E-state index contributed by atoms with van der Waals surface area (Å²) in [7, 11) is 0. The zero-order valence-electron chi connectivity index (χ0n) is 39.1. The second-order valence-electron chi connectivity index (χ2n) is 19.1. The average molecular weight is 906 g/mol. The number of aliphatic hydroxyl groups excluding tert-OH is 1. The number of carboxylic acids is 1. The van der Waals surface area contributed by atoms with Crippen molar-refractivity contribution >= 4 is 47.5 Å². The van der Waals surface area contributed by atoms with Crippen LogP contribution in [0.3, 0.4) is 0 Å². The van der Waals surface area contributed by atoms with Crippen molar-refractivity contribution in [2.45, 2.75) is 155 Å². The van der Waals surface area contributed by atoms with E-state index in [-0.39, 0.29) is 44.9 Å². The lowest BCUT2D eigenvalue weighted by atomic mass is 10.0. The Kier molecular flexibility index (Phi) is 21.1. The van der Waals surface area contributed by atoms with E-state index < -0.39 is 114 Å². The highest BCUT2D eigenvalue weighted by Gasteiger charge is 2.40. The lowest BCUT2D eigenvalue weighted by molar-refractivity contribution is -0.151. The Morgan fingerprint density at radius 2 is 1.19 bits per heavy atom. The third kappa shape index (κ3) is 20.4. The number of amides is 7. The molecule has 64 heavy (non-hydrogen) atoms. The maximum Gasteiger partial charge on any atom is 0.408 e. The van der Waals surface area contributed by atoms with Crippen LogP contribution in [0.25, 0.3) is 0 Å². The molecule has 1 fully saturated rings. The molecule has 0 unspecified atom stereocenters. The first-order valence-corrected chi connectivity index (χ1v) is 21.5. The largest absolute Gasteiger partial charge is 0.480 e. The fourth-order valence-corrected chi connectivity index (χ4v) is 6.27. The molecule has 6 atom stereocenters. The normalized spacial score (nSPS) is 16.6. The third-order valence-corrected chi connectivity index (χ3v) is 9.32. The quantitative estimate of drug-likeness (QED) is 0.0805. The van der Waals surface area contributed by atoms with Gasteiger partial charge in [0.15, 0.2) is 0 Å². The number of likely N-dealkylation sites (tertiary alicyclic amines) is 1. The molecule has 0 radical (unpaired) electrons. The second-order valence-corrected chi connectivity index (χ2v) is 19.1. The molecule has 360 valence electrons. The topological polar surface area (TPSA) is 280 Å². The zero-order chi connectivity index (χ0) is 48.6. The molecule has 2 rings (SSSR count). The molecule has 1 heterocycles. The van der Waals surface area contributed by atoms with E-state index in [1.807, 2.05) is 13.8 Å². The molecule has 1 aromatic rings. The molecular formula is C44H71N7O13. The smallest absolute Gasteiger partial charge is 0.408 e. The van der Waals surface area contributed by atoms with Gasteiger partial charge in [-0.3, -0.25) is 28.8 Å². The van der Waals surface area contributed by atoms with Crippen LogP contribution in [0.5, 0.6) is 0 Å². The minimum absolute atomic E-state index is 0.0879. The Balaban J connectivity index is 2.35. The number of carbonyl (C=O) groups is 8. The van der Waals surface area contributed by atoms with Crippen molar-refractivity contribution in [2.24, 2.45) is 5.92 Å². The van der Waals surface area contributed by atoms with Gasteiger partial charge < -0.3 is 61.2 Å². The minimum Gasteiger partial charge on any atom is -0.480 e. The first kappa shape index (κ1) is 54.8. The molecular weight excluding hydrogens is 835 g/mol. The van der Waals surface area contributed by atoms with Crippen molar-refractivity contribution in [1.82, 2.24) is 36.8 Å². The summed E-state index contributed by atoms with van der Waals surface area (Å²) in [5.41, 5.74) is -1.70. The number of carboxylic acid groups (broad SMARTS) is 1. The van der Waals surface area contributed by atoms with Crippen molar-refractivity contribution in [3.8, 4) is 0 Å². The molecule has 1 aromatic carbocycles. The molecule has 8 N–H and O–H groups in total. The molecule has 0 bridgehead atoms. The first-order valence-electron chi connectivity index (χ1n) is 21.5. The average Bonchev–Trinajstić information content (AvgIpc) is 3.68. The van der Waals surface area contributed by atoms with Crippen LogP contribution in [0.4, 0.5) is 4.79 Å². The Morgan fingerprint density at radius 3 is 1.72 bits per heavy atom. The maximum atomic E-state index is 14.2. The van der Waals surface area contributed by atoms with Crippen molar-refractivity contribution in [2.75, 3.05) is 32.9 Å². The van der Waals surface area contributed by atoms with Crippen molar-refractivity contribution in [3.05, 3.63) is 35.9 Å². The summed E-state index contributed by atoms with van der Waals surface area (Å²) in [5, 5.41) is 35.2. The number of aliphatic hydroxyl groups is 1. The highest BCUT2D eigenvalue weighted by Crippen LogP contribution is 2.20. The van der Waals surface area contributed by atoms with E-state index in [1.165, 1.54) is 4.90 Å². The van der Waals surface area contributed by atoms with E-state index in [9.17, 15) is 48.6 Å². The molecule has 20 nitrogen and oxygen atoms in total. The van der Waals surface area contributed by atoms with E-state index in [4.69, 9.17) is 14.2 Å². The van der Waals surface area contributed by atoms with Gasteiger partial charge in [-0.25, -0.2) is 9.59 Å². The molecule has 0 aliphatic carbocycles. The van der Waals surface area contributed by atoms with Gasteiger partial charge in [-0.1, -0.05) is 44.2 Å². The number of hydrogen-bond acceptors (Lipinski definition) is 12. The molecule has 1 aliphatic heterocycles. The van der Waals surface area contributed by atoms with Crippen LogP contribution >= 0.6 is 0 Å². The molecule has 20 heteroatoms. The Morgan fingerprint density at radius 1 is 0.688 bits per heavy atom. The molecule has 0 aromatic heterocycles. The van der Waals surface area contributed by atoms with Gasteiger partial charge in [-0.15, -0.1) is 0 Å². The summed E-state index contributed by atoms with van der Waals surface area (Å²) in [5.74, 6) is -6.22. The second kappa shape index (κ2) is 24.6. The van der Waals surface area contributed by atoms with Crippen molar-refractivity contribution in [1.29, 1.82) is 0 Å². The minimum atomic E-state index is -1.64. The summed E-state index contributed by atoms with van der Waals surface area (Å²) in [6.45, 7) is 17.0. The number of nitrogens with one attached hydrogen (secondary N) is 6. The van der Waals surface area contributed by atoms with E-state index >= 15 is 0 Å². The van der Waals surface area contributed by atoms with Gasteiger partial charge in [0, 0.05) is 13.0 Å². The van der Waals surface area contributed by atoms with Crippen LogP contribution in [0.1, 0.15) is 101 Å². The number of carbonyl (C=O) groups excluding carboxylic acids is 7. The Labute approximate surface area is 376 Å². The standard InChI is InChI=1S/C44H71N7O13/c1-26(2)20-28(35(54)50-32(25-63-43(6,7)8)39(58)51-19-15-18-33(51)40(59)60)47-36(55)29(21-27-16-13-12-14-17-27)48-37(56)30(23-52)49-38(57)31(24-62-42(3,4)5)46-34(53)22-45-41(61)64-44(9,10)11/h12-14,16-17,26,28-33,52H,15,18-25H2,1-11H3,(H,45,61)(H,46,53)(H,47,55)(H,48,56)(H,49,57)(H,50,54)(H,59,60)/t28-,29-,30-,31-,32-,33-/m0/s1. The lowest BCUT2D eigenvalue weighted by Crippen LogP contribution is -2.61. The zero-order valence-corrected chi connectivity index (χ0v) is 39.1. The number of hydrogen-bond donors (Lipinski definition) is 8. The fraction of sp³-hybridized carbons (Fsp3) is 0.682. The number of ether oxygens (including phenoxy) is 3. The monoisotopic (exact) mass is 906 g/mol. The highest BCUT2D eigenvalue weighted by molar-refractivity contribution is 5.97. The van der Waals surface area contributed by atoms with Crippen molar-refractivity contribution < 1.29 is 62.8 Å². The van der Waals surface area contributed by atoms with Gasteiger partial charge in [0.2, 0.25) is 35.4 Å². The van der Waals surface area contributed by atoms with Crippen LogP contribution in [-0.4, -0.2) is 149 Å². The van der Waals surface area contributed by atoms with E-state index in [2.05, 4.69) is 31.9 Å². The lowest BCUT2D eigenvalue weighted by Gasteiger charge is -2.31. The molecule has 1 saturated heterocycles. The number of aliphatic carboxylic acids is 1. The van der Waals surface area contributed by atoms with Crippen LogP contribution < -0.4 is 31.9 Å². The Hall–Kier alpha value is -5.34. The van der Waals surface area contributed by atoms with E-state index in [1.54, 1.807) is 92.6 Å². The summed E-state index contributed by atoms with van der Waals surface area (Å²) in [4.78, 5) is 108. The highest BCUT2D eigenvalue weighted by atomic mass is 16.6. The van der Waals surface area contributed by atoms with Crippen LogP contribution in [0.2, 0.25) is 0 Å². The van der Waals surface area contributed by atoms with E-state index in [0.29, 0.717) is 12.0 Å². The molecule has 0 saturated carbocycles. The number of rotatable bonds is 22. The van der Waals surface area contributed by atoms with Gasteiger partial charge in [0.05, 0.1) is 31.0 Å². The maximum absolute atomic E-state index is 14.2. The van der Waals surface area contributed by atoms with E-state index in [0.717, 1.165) is 0 Å².